The highest BCUT2D eigenvalue weighted by molar-refractivity contribution is 9.10. The van der Waals surface area contributed by atoms with Crippen molar-refractivity contribution in [3.8, 4) is 5.69 Å². The molecular formula is C20H26BrN3O. The van der Waals surface area contributed by atoms with Crippen LogP contribution >= 0.6 is 15.9 Å². The van der Waals surface area contributed by atoms with Gasteiger partial charge in [0.25, 0.3) is 0 Å². The van der Waals surface area contributed by atoms with Crippen molar-refractivity contribution in [2.75, 3.05) is 0 Å². The zero-order valence-electron chi connectivity index (χ0n) is 15.6. The van der Waals surface area contributed by atoms with E-state index < -0.39 is 0 Å². The molecule has 2 aromatic rings. The third-order valence-corrected chi connectivity index (χ3v) is 5.46. The summed E-state index contributed by atoms with van der Waals surface area (Å²) < 4.78 is 2.86. The maximum absolute atomic E-state index is 12.9. The fourth-order valence-corrected chi connectivity index (χ4v) is 3.82. The van der Waals surface area contributed by atoms with Gasteiger partial charge in [-0.2, -0.15) is 0 Å². The molecule has 25 heavy (non-hydrogen) atoms. The minimum absolute atomic E-state index is 0.0761. The Morgan fingerprint density at radius 1 is 1.20 bits per heavy atom. The van der Waals surface area contributed by atoms with Crippen LogP contribution in [-0.2, 0) is 5.41 Å². The van der Waals surface area contributed by atoms with Gasteiger partial charge in [-0.05, 0) is 42.4 Å². The molecule has 1 aromatic carbocycles. The summed E-state index contributed by atoms with van der Waals surface area (Å²) >= 11 is 3.56. The molecule has 1 aromatic heterocycles. The van der Waals surface area contributed by atoms with E-state index in [2.05, 4.69) is 60.7 Å². The summed E-state index contributed by atoms with van der Waals surface area (Å²) in [6.07, 6.45) is 4.80. The Hall–Kier alpha value is -1.49. The van der Waals surface area contributed by atoms with E-state index in [1.807, 2.05) is 22.8 Å². The maximum atomic E-state index is 12.9. The van der Waals surface area contributed by atoms with E-state index in [0.717, 1.165) is 21.5 Å². The standard InChI is InChI=1S/C20H26BrN3O/c1-19(2,3)18-23-22-12-24(18)16-9-13(8-15(21)10-16)17(25)11-20(4,5)14-6-7-14/h8-10,12,14H,6-7,11H2,1-5H3. The van der Waals surface area contributed by atoms with E-state index in [-0.39, 0.29) is 16.6 Å². The van der Waals surface area contributed by atoms with Gasteiger partial charge in [0.2, 0.25) is 0 Å². The largest absolute Gasteiger partial charge is 0.294 e. The van der Waals surface area contributed by atoms with Crippen molar-refractivity contribution < 1.29 is 4.79 Å². The number of rotatable bonds is 5. The third kappa shape index (κ3) is 4.02. The topological polar surface area (TPSA) is 47.8 Å². The van der Waals surface area contributed by atoms with Crippen LogP contribution in [0.3, 0.4) is 0 Å². The van der Waals surface area contributed by atoms with Crippen LogP contribution in [0.2, 0.25) is 0 Å². The molecule has 1 heterocycles. The SMILES string of the molecule is CC(C)(C)c1nncn1-c1cc(Br)cc(C(=O)CC(C)(C)C2CC2)c1. The number of hydrogen-bond acceptors (Lipinski definition) is 3. The van der Waals surface area contributed by atoms with Crippen LogP contribution in [0.5, 0.6) is 0 Å². The number of carbonyl (C=O) groups excluding carboxylic acids is 1. The Bertz CT molecular complexity index is 798. The van der Waals surface area contributed by atoms with Gasteiger partial charge in [-0.15, -0.1) is 10.2 Å². The quantitative estimate of drug-likeness (QED) is 0.633. The first-order valence-corrected chi connectivity index (χ1v) is 9.62. The number of aromatic nitrogens is 3. The predicted molar refractivity (Wildman–Crippen MR) is 103 cm³/mol. The van der Waals surface area contributed by atoms with Crippen LogP contribution in [0.4, 0.5) is 0 Å². The summed E-state index contributed by atoms with van der Waals surface area (Å²) in [6, 6.07) is 5.87. The number of carbonyl (C=O) groups is 1. The van der Waals surface area contributed by atoms with Crippen molar-refractivity contribution in [3.05, 3.63) is 40.4 Å². The van der Waals surface area contributed by atoms with Crippen molar-refractivity contribution in [1.82, 2.24) is 14.8 Å². The van der Waals surface area contributed by atoms with Crippen LogP contribution in [0.15, 0.2) is 29.0 Å². The molecule has 1 aliphatic carbocycles. The lowest BCUT2D eigenvalue weighted by atomic mass is 9.81. The van der Waals surface area contributed by atoms with Gasteiger partial charge in [0.15, 0.2) is 5.78 Å². The van der Waals surface area contributed by atoms with Crippen LogP contribution in [0, 0.1) is 11.3 Å². The van der Waals surface area contributed by atoms with Gasteiger partial charge in [-0.3, -0.25) is 9.36 Å². The van der Waals surface area contributed by atoms with Gasteiger partial charge in [0.1, 0.15) is 12.2 Å². The van der Waals surface area contributed by atoms with E-state index in [4.69, 9.17) is 0 Å². The summed E-state index contributed by atoms with van der Waals surface area (Å²) in [4.78, 5) is 12.9. The molecule has 3 rings (SSSR count). The molecule has 0 spiro atoms. The van der Waals surface area contributed by atoms with Crippen molar-refractivity contribution >= 4 is 21.7 Å². The fourth-order valence-electron chi connectivity index (χ4n) is 3.33. The average molecular weight is 404 g/mol. The zero-order valence-corrected chi connectivity index (χ0v) is 17.2. The number of halogens is 1. The highest BCUT2D eigenvalue weighted by Crippen LogP contribution is 2.47. The van der Waals surface area contributed by atoms with Crippen molar-refractivity contribution in [1.29, 1.82) is 0 Å². The van der Waals surface area contributed by atoms with Crippen molar-refractivity contribution in [2.24, 2.45) is 11.3 Å². The molecule has 1 fully saturated rings. The lowest BCUT2D eigenvalue weighted by molar-refractivity contribution is 0.0917. The first-order valence-electron chi connectivity index (χ1n) is 8.82. The Morgan fingerprint density at radius 2 is 1.88 bits per heavy atom. The summed E-state index contributed by atoms with van der Waals surface area (Å²) in [5.41, 5.74) is 1.60. The zero-order chi connectivity index (χ0) is 18.4. The molecule has 0 atom stereocenters. The summed E-state index contributed by atoms with van der Waals surface area (Å²) in [5, 5.41) is 8.34. The minimum atomic E-state index is -0.128. The average Bonchev–Trinajstić information content (AvgIpc) is 3.23. The highest BCUT2D eigenvalue weighted by Gasteiger charge is 2.39. The molecule has 0 N–H and O–H groups in total. The summed E-state index contributed by atoms with van der Waals surface area (Å²) in [6.45, 7) is 10.7. The van der Waals surface area contributed by atoms with Gasteiger partial charge in [0.05, 0.1) is 5.69 Å². The Balaban J connectivity index is 1.94. The van der Waals surface area contributed by atoms with Crippen LogP contribution in [0.1, 0.15) is 70.1 Å². The second kappa shape index (κ2) is 6.35. The van der Waals surface area contributed by atoms with Crippen molar-refractivity contribution in [3.63, 3.8) is 0 Å². The molecule has 1 aliphatic rings. The second-order valence-corrected chi connectivity index (χ2v) is 9.75. The van der Waals surface area contributed by atoms with Gasteiger partial charge < -0.3 is 0 Å². The van der Waals surface area contributed by atoms with Crippen LogP contribution in [0.25, 0.3) is 5.69 Å². The highest BCUT2D eigenvalue weighted by atomic mass is 79.9. The Morgan fingerprint density at radius 3 is 2.48 bits per heavy atom. The Labute approximate surface area is 158 Å². The van der Waals surface area contributed by atoms with Gasteiger partial charge in [0, 0.05) is 21.9 Å². The minimum Gasteiger partial charge on any atom is -0.294 e. The number of hydrogen-bond donors (Lipinski definition) is 0. The van der Waals surface area contributed by atoms with E-state index >= 15 is 0 Å². The molecule has 0 saturated heterocycles. The number of benzene rings is 1. The monoisotopic (exact) mass is 403 g/mol. The van der Waals surface area contributed by atoms with Gasteiger partial charge in [-0.1, -0.05) is 50.5 Å². The molecule has 0 aliphatic heterocycles. The Kier molecular flexibility index (Phi) is 4.65. The van der Waals surface area contributed by atoms with E-state index in [0.29, 0.717) is 12.3 Å². The first-order chi connectivity index (χ1) is 11.6. The van der Waals surface area contributed by atoms with Gasteiger partial charge in [-0.25, -0.2) is 0 Å². The molecule has 134 valence electrons. The molecule has 0 amide bonds. The van der Waals surface area contributed by atoms with E-state index in [1.54, 1.807) is 6.33 Å². The molecular weight excluding hydrogens is 378 g/mol. The molecule has 5 heteroatoms. The normalized spacial score (nSPS) is 15.4. The lowest BCUT2D eigenvalue weighted by Gasteiger charge is -2.23. The fraction of sp³-hybridized carbons (Fsp3) is 0.550. The molecule has 0 radical (unpaired) electrons. The summed E-state index contributed by atoms with van der Waals surface area (Å²) in [7, 11) is 0. The molecule has 0 bridgehead atoms. The number of Topliss-reactive ketones (excluding diaryl/α,β-unsaturated/α-hetero) is 1. The number of ketones is 1. The molecule has 0 unspecified atom stereocenters. The van der Waals surface area contributed by atoms with Crippen molar-refractivity contribution in [2.45, 2.75) is 59.3 Å². The van der Waals surface area contributed by atoms with Crippen LogP contribution in [-0.4, -0.2) is 20.5 Å². The van der Waals surface area contributed by atoms with Gasteiger partial charge >= 0.3 is 0 Å². The smallest absolute Gasteiger partial charge is 0.163 e. The predicted octanol–water partition coefficient (Wildman–Crippen LogP) is 5.34. The lowest BCUT2D eigenvalue weighted by Crippen LogP contribution is -2.20. The first kappa shape index (κ1) is 18.3. The third-order valence-electron chi connectivity index (χ3n) is 5.00. The molecule has 1 saturated carbocycles. The van der Waals surface area contributed by atoms with E-state index in [9.17, 15) is 4.79 Å². The van der Waals surface area contributed by atoms with Crippen LogP contribution < -0.4 is 0 Å². The summed E-state index contributed by atoms with van der Waals surface area (Å²) in [5.74, 6) is 1.76. The van der Waals surface area contributed by atoms with E-state index in [1.165, 1.54) is 12.8 Å². The maximum Gasteiger partial charge on any atom is 0.163 e. The second-order valence-electron chi connectivity index (χ2n) is 8.84. The number of nitrogens with zero attached hydrogens (tertiary/aromatic N) is 3. The molecule has 4 nitrogen and oxygen atoms in total.